The summed E-state index contributed by atoms with van der Waals surface area (Å²) in [6, 6.07) is 6.17. The highest BCUT2D eigenvalue weighted by molar-refractivity contribution is 5.35. The van der Waals surface area contributed by atoms with E-state index in [2.05, 4.69) is 10.2 Å². The number of ether oxygens (including phenoxy) is 1. The Balaban J connectivity index is 1.72. The van der Waals surface area contributed by atoms with Crippen molar-refractivity contribution in [2.24, 2.45) is 0 Å². The molecule has 0 bridgehead atoms. The Bertz CT molecular complexity index is 459. The molecule has 1 aliphatic heterocycles. The summed E-state index contributed by atoms with van der Waals surface area (Å²) in [5.41, 5.74) is 2.12. The Labute approximate surface area is 132 Å². The van der Waals surface area contributed by atoms with Crippen molar-refractivity contribution in [2.75, 3.05) is 33.4 Å². The van der Waals surface area contributed by atoms with E-state index in [1.165, 1.54) is 0 Å². The number of piperidine rings is 1. The third kappa shape index (κ3) is 5.25. The lowest BCUT2D eigenvalue weighted by Crippen LogP contribution is -2.45. The third-order valence-corrected chi connectivity index (χ3v) is 4.23. The molecule has 3 N–H and O–H groups in total. The topological polar surface area (TPSA) is 65.0 Å². The number of hydrogen-bond donors (Lipinski definition) is 3. The third-order valence-electron chi connectivity index (χ3n) is 4.23. The fourth-order valence-corrected chi connectivity index (χ4v) is 2.97. The summed E-state index contributed by atoms with van der Waals surface area (Å²) in [7, 11) is 1.61. The molecule has 0 aliphatic carbocycles. The minimum atomic E-state index is -0.404. The van der Waals surface area contributed by atoms with E-state index in [0.717, 1.165) is 37.1 Å². The van der Waals surface area contributed by atoms with Gasteiger partial charge >= 0.3 is 0 Å². The standard InChI is InChI=1S/C17H28N2O3/c1-13-3-4-17(21)14(9-13)10-18-15-5-7-19(8-6-15)11-16(20)12-22-2/h3-4,9,15-16,18,20-21H,5-8,10-12H2,1-2H3. The van der Waals surface area contributed by atoms with Crippen molar-refractivity contribution in [3.63, 3.8) is 0 Å². The molecule has 1 aliphatic rings. The van der Waals surface area contributed by atoms with Crippen molar-refractivity contribution >= 4 is 0 Å². The molecular weight excluding hydrogens is 280 g/mol. The van der Waals surface area contributed by atoms with Gasteiger partial charge < -0.3 is 25.2 Å². The molecule has 0 radical (unpaired) electrons. The minimum absolute atomic E-state index is 0.359. The van der Waals surface area contributed by atoms with Gasteiger partial charge in [-0.25, -0.2) is 0 Å². The van der Waals surface area contributed by atoms with Crippen LogP contribution in [0.2, 0.25) is 0 Å². The molecule has 22 heavy (non-hydrogen) atoms. The summed E-state index contributed by atoms with van der Waals surface area (Å²) in [4.78, 5) is 2.28. The number of phenols is 1. The average molecular weight is 308 g/mol. The summed E-state index contributed by atoms with van der Waals surface area (Å²) in [5, 5.41) is 23.2. The van der Waals surface area contributed by atoms with Crippen LogP contribution < -0.4 is 5.32 Å². The number of aromatic hydroxyl groups is 1. The van der Waals surface area contributed by atoms with Crippen LogP contribution in [0.15, 0.2) is 18.2 Å². The second-order valence-electron chi connectivity index (χ2n) is 6.20. The number of nitrogens with one attached hydrogen (secondary N) is 1. The number of methoxy groups -OCH3 is 1. The number of likely N-dealkylation sites (tertiary alicyclic amines) is 1. The fraction of sp³-hybridized carbons (Fsp3) is 0.647. The number of aliphatic hydroxyl groups is 1. The predicted molar refractivity (Wildman–Crippen MR) is 87.0 cm³/mol. The highest BCUT2D eigenvalue weighted by atomic mass is 16.5. The maximum Gasteiger partial charge on any atom is 0.120 e. The van der Waals surface area contributed by atoms with Crippen LogP contribution in [0, 0.1) is 6.92 Å². The van der Waals surface area contributed by atoms with Crippen molar-refractivity contribution in [3.8, 4) is 5.75 Å². The Hall–Kier alpha value is -1.14. The van der Waals surface area contributed by atoms with Crippen LogP contribution in [-0.2, 0) is 11.3 Å². The van der Waals surface area contributed by atoms with E-state index in [9.17, 15) is 10.2 Å². The van der Waals surface area contributed by atoms with Crippen LogP contribution in [0.3, 0.4) is 0 Å². The van der Waals surface area contributed by atoms with Gasteiger partial charge in [0.25, 0.3) is 0 Å². The van der Waals surface area contributed by atoms with Crippen LogP contribution in [0.4, 0.5) is 0 Å². The normalized spacial score (nSPS) is 18.5. The number of aliphatic hydroxyl groups excluding tert-OH is 1. The number of phenolic OH excluding ortho intramolecular Hbond substituents is 1. The second-order valence-corrected chi connectivity index (χ2v) is 6.20. The molecule has 1 aromatic carbocycles. The van der Waals surface area contributed by atoms with E-state index in [1.807, 2.05) is 19.1 Å². The molecule has 0 aromatic heterocycles. The van der Waals surface area contributed by atoms with E-state index in [-0.39, 0.29) is 0 Å². The van der Waals surface area contributed by atoms with Crippen molar-refractivity contribution < 1.29 is 14.9 Å². The van der Waals surface area contributed by atoms with Gasteiger partial charge in [-0.3, -0.25) is 0 Å². The van der Waals surface area contributed by atoms with E-state index < -0.39 is 6.10 Å². The van der Waals surface area contributed by atoms with E-state index in [0.29, 0.717) is 31.5 Å². The number of benzene rings is 1. The van der Waals surface area contributed by atoms with Crippen molar-refractivity contribution in [1.82, 2.24) is 10.2 Å². The van der Waals surface area contributed by atoms with Crippen LogP contribution >= 0.6 is 0 Å². The van der Waals surface area contributed by atoms with Gasteiger partial charge in [0.05, 0.1) is 12.7 Å². The van der Waals surface area contributed by atoms with Crippen LogP contribution in [0.1, 0.15) is 24.0 Å². The zero-order valence-electron chi connectivity index (χ0n) is 13.6. The SMILES string of the molecule is COCC(O)CN1CCC(NCc2cc(C)ccc2O)CC1. The van der Waals surface area contributed by atoms with Crippen molar-refractivity contribution in [1.29, 1.82) is 0 Å². The van der Waals surface area contributed by atoms with Gasteiger partial charge in [-0.05, 0) is 38.9 Å². The lowest BCUT2D eigenvalue weighted by molar-refractivity contribution is 0.0310. The number of rotatable bonds is 7. The van der Waals surface area contributed by atoms with Crippen molar-refractivity contribution in [2.45, 2.75) is 38.5 Å². The molecule has 1 heterocycles. The first-order valence-corrected chi connectivity index (χ1v) is 7.99. The van der Waals surface area contributed by atoms with Gasteiger partial charge in [0, 0.05) is 31.8 Å². The molecule has 0 saturated carbocycles. The maximum atomic E-state index is 9.87. The average Bonchev–Trinajstić information content (AvgIpc) is 2.50. The Morgan fingerprint density at radius 3 is 2.77 bits per heavy atom. The van der Waals surface area contributed by atoms with Gasteiger partial charge in [0.1, 0.15) is 5.75 Å². The molecule has 5 nitrogen and oxygen atoms in total. The summed E-state index contributed by atoms with van der Waals surface area (Å²) in [6.07, 6.45) is 1.72. The van der Waals surface area contributed by atoms with Crippen LogP contribution in [0.25, 0.3) is 0 Å². The van der Waals surface area contributed by atoms with E-state index in [1.54, 1.807) is 13.2 Å². The summed E-state index contributed by atoms with van der Waals surface area (Å²) in [6.45, 7) is 5.78. The molecule has 1 unspecified atom stereocenters. The largest absolute Gasteiger partial charge is 0.508 e. The molecule has 1 fully saturated rings. The first kappa shape index (κ1) is 17.2. The maximum absolute atomic E-state index is 9.87. The highest BCUT2D eigenvalue weighted by Crippen LogP contribution is 2.19. The molecule has 1 saturated heterocycles. The number of hydrogen-bond acceptors (Lipinski definition) is 5. The molecule has 124 valence electrons. The summed E-state index contributed by atoms with van der Waals surface area (Å²) in [5.74, 6) is 0.359. The molecule has 5 heteroatoms. The summed E-state index contributed by atoms with van der Waals surface area (Å²) < 4.78 is 4.96. The number of nitrogens with zero attached hydrogens (tertiary/aromatic N) is 1. The number of aryl methyl sites for hydroxylation is 1. The van der Waals surface area contributed by atoms with Gasteiger partial charge in [0.2, 0.25) is 0 Å². The molecule has 2 rings (SSSR count). The van der Waals surface area contributed by atoms with E-state index in [4.69, 9.17) is 4.74 Å². The minimum Gasteiger partial charge on any atom is -0.508 e. The van der Waals surface area contributed by atoms with Gasteiger partial charge in [-0.1, -0.05) is 17.7 Å². The molecular formula is C17H28N2O3. The van der Waals surface area contributed by atoms with Crippen LogP contribution in [0.5, 0.6) is 5.75 Å². The predicted octanol–water partition coefficient (Wildman–Crippen LogP) is 1.26. The Kier molecular flexibility index (Phi) is 6.64. The fourth-order valence-electron chi connectivity index (χ4n) is 2.97. The number of β-amino-alcohol motifs (C(OH)–C–C–N with tert-alkyl or cyclic N) is 1. The quantitative estimate of drug-likeness (QED) is 0.708. The first-order chi connectivity index (χ1) is 10.6. The molecule has 0 spiro atoms. The highest BCUT2D eigenvalue weighted by Gasteiger charge is 2.20. The van der Waals surface area contributed by atoms with Gasteiger partial charge in [-0.15, -0.1) is 0 Å². The smallest absolute Gasteiger partial charge is 0.120 e. The lowest BCUT2D eigenvalue weighted by atomic mass is 10.0. The van der Waals surface area contributed by atoms with Gasteiger partial charge in [-0.2, -0.15) is 0 Å². The van der Waals surface area contributed by atoms with Gasteiger partial charge in [0.15, 0.2) is 0 Å². The zero-order valence-corrected chi connectivity index (χ0v) is 13.6. The molecule has 1 atom stereocenters. The molecule has 0 amide bonds. The lowest BCUT2D eigenvalue weighted by Gasteiger charge is -2.33. The Morgan fingerprint density at radius 2 is 2.09 bits per heavy atom. The zero-order chi connectivity index (χ0) is 15.9. The van der Waals surface area contributed by atoms with Crippen molar-refractivity contribution in [3.05, 3.63) is 29.3 Å². The van der Waals surface area contributed by atoms with Crippen LogP contribution in [-0.4, -0.2) is 60.6 Å². The first-order valence-electron chi connectivity index (χ1n) is 7.99. The second kappa shape index (κ2) is 8.48. The van der Waals surface area contributed by atoms with E-state index >= 15 is 0 Å². The Morgan fingerprint density at radius 1 is 1.36 bits per heavy atom. The summed E-state index contributed by atoms with van der Waals surface area (Å²) >= 11 is 0. The molecule has 1 aromatic rings. The monoisotopic (exact) mass is 308 g/mol.